The second-order valence-corrected chi connectivity index (χ2v) is 6.11. The Kier molecular flexibility index (Phi) is 4.00. The van der Waals surface area contributed by atoms with Crippen molar-refractivity contribution in [2.45, 2.75) is 39.2 Å². The van der Waals surface area contributed by atoms with E-state index >= 15 is 0 Å². The van der Waals surface area contributed by atoms with Crippen LogP contribution < -0.4 is 4.90 Å². The maximum absolute atomic E-state index is 10.1. The molecule has 0 saturated carbocycles. The van der Waals surface area contributed by atoms with Gasteiger partial charge in [0.25, 0.3) is 0 Å². The molecule has 1 atom stereocenters. The van der Waals surface area contributed by atoms with E-state index in [1.165, 1.54) is 19.3 Å². The van der Waals surface area contributed by atoms with E-state index in [1.54, 1.807) is 6.92 Å². The van der Waals surface area contributed by atoms with E-state index in [1.807, 2.05) is 25.1 Å². The summed E-state index contributed by atoms with van der Waals surface area (Å²) in [6.45, 7) is 5.69. The SMILES string of the molecule is Cc1cc(C(C)O)c2nc(N3CCCCC3)cc(C#N)c2c1. The molecule has 0 amide bonds. The van der Waals surface area contributed by atoms with E-state index in [4.69, 9.17) is 4.98 Å². The van der Waals surface area contributed by atoms with Crippen molar-refractivity contribution in [3.8, 4) is 6.07 Å². The summed E-state index contributed by atoms with van der Waals surface area (Å²) in [6.07, 6.45) is 2.99. The molecule has 0 radical (unpaired) electrons. The minimum atomic E-state index is -0.599. The van der Waals surface area contributed by atoms with Crippen molar-refractivity contribution in [3.05, 3.63) is 34.9 Å². The Morgan fingerprint density at radius 3 is 2.59 bits per heavy atom. The third kappa shape index (κ3) is 2.65. The number of hydrogen-bond acceptors (Lipinski definition) is 4. The van der Waals surface area contributed by atoms with Crippen molar-refractivity contribution in [2.24, 2.45) is 0 Å². The molecule has 1 aromatic heterocycles. The van der Waals surface area contributed by atoms with Crippen LogP contribution >= 0.6 is 0 Å². The quantitative estimate of drug-likeness (QED) is 0.921. The smallest absolute Gasteiger partial charge is 0.130 e. The molecule has 1 aliphatic heterocycles. The highest BCUT2D eigenvalue weighted by atomic mass is 16.3. The van der Waals surface area contributed by atoms with Gasteiger partial charge in [0, 0.05) is 24.0 Å². The minimum absolute atomic E-state index is 0.599. The van der Waals surface area contributed by atoms with Crippen LogP contribution in [0.1, 0.15) is 49.0 Å². The summed E-state index contributed by atoms with van der Waals surface area (Å²) >= 11 is 0. The molecule has 4 heteroatoms. The number of rotatable bonds is 2. The van der Waals surface area contributed by atoms with E-state index < -0.39 is 6.10 Å². The van der Waals surface area contributed by atoms with Gasteiger partial charge in [-0.15, -0.1) is 0 Å². The lowest BCUT2D eigenvalue weighted by Crippen LogP contribution is -2.30. The highest BCUT2D eigenvalue weighted by Crippen LogP contribution is 2.30. The summed E-state index contributed by atoms with van der Waals surface area (Å²) in [5.74, 6) is 0.856. The standard InChI is InChI=1S/C18H21N3O/c1-12-8-15(13(2)22)18-16(9-12)14(11-19)10-17(20-18)21-6-4-3-5-7-21/h8-10,13,22H,3-7H2,1-2H3. The van der Waals surface area contributed by atoms with Crippen molar-refractivity contribution >= 4 is 16.7 Å². The zero-order valence-electron chi connectivity index (χ0n) is 13.1. The number of benzene rings is 1. The fraction of sp³-hybridized carbons (Fsp3) is 0.444. The lowest BCUT2D eigenvalue weighted by molar-refractivity contribution is 0.200. The van der Waals surface area contributed by atoms with Crippen molar-refractivity contribution < 1.29 is 5.11 Å². The first-order valence-corrected chi connectivity index (χ1v) is 7.88. The Balaban J connectivity index is 2.23. The highest BCUT2D eigenvalue weighted by Gasteiger charge is 2.17. The lowest BCUT2D eigenvalue weighted by Gasteiger charge is -2.28. The van der Waals surface area contributed by atoms with Crippen LogP contribution in [0.4, 0.5) is 5.82 Å². The average Bonchev–Trinajstić information content (AvgIpc) is 2.53. The largest absolute Gasteiger partial charge is 0.389 e. The molecule has 2 aromatic rings. The molecule has 22 heavy (non-hydrogen) atoms. The predicted octanol–water partition coefficient (Wildman–Crippen LogP) is 3.46. The van der Waals surface area contributed by atoms with Gasteiger partial charge in [-0.3, -0.25) is 0 Å². The average molecular weight is 295 g/mol. The van der Waals surface area contributed by atoms with E-state index in [0.717, 1.165) is 40.9 Å². The van der Waals surface area contributed by atoms with Gasteiger partial charge in [-0.25, -0.2) is 4.98 Å². The van der Waals surface area contributed by atoms with Crippen LogP contribution in [0.2, 0.25) is 0 Å². The summed E-state index contributed by atoms with van der Waals surface area (Å²) in [5, 5.41) is 20.4. The minimum Gasteiger partial charge on any atom is -0.389 e. The number of anilines is 1. The molecule has 1 saturated heterocycles. The number of piperidine rings is 1. The summed E-state index contributed by atoms with van der Waals surface area (Å²) in [4.78, 5) is 7.03. The van der Waals surface area contributed by atoms with Crippen LogP contribution in [0.3, 0.4) is 0 Å². The van der Waals surface area contributed by atoms with Gasteiger partial charge in [-0.2, -0.15) is 5.26 Å². The number of hydrogen-bond donors (Lipinski definition) is 1. The van der Waals surface area contributed by atoms with E-state index in [0.29, 0.717) is 5.56 Å². The van der Waals surface area contributed by atoms with Gasteiger partial charge in [0.1, 0.15) is 5.82 Å². The number of aliphatic hydroxyl groups is 1. The zero-order valence-corrected chi connectivity index (χ0v) is 13.1. The van der Waals surface area contributed by atoms with E-state index in [2.05, 4.69) is 11.0 Å². The fourth-order valence-electron chi connectivity index (χ4n) is 3.19. The van der Waals surface area contributed by atoms with Gasteiger partial charge in [-0.05, 0) is 50.8 Å². The Morgan fingerprint density at radius 1 is 1.23 bits per heavy atom. The Hall–Kier alpha value is -2.12. The maximum Gasteiger partial charge on any atom is 0.130 e. The molecule has 1 unspecified atom stereocenters. The molecule has 4 nitrogen and oxygen atoms in total. The highest BCUT2D eigenvalue weighted by molar-refractivity contribution is 5.90. The van der Waals surface area contributed by atoms with Crippen molar-refractivity contribution in [1.82, 2.24) is 4.98 Å². The van der Waals surface area contributed by atoms with Crippen LogP contribution in [-0.2, 0) is 0 Å². The summed E-state index contributed by atoms with van der Waals surface area (Å²) in [5.41, 5.74) is 3.22. The van der Waals surface area contributed by atoms with Crippen molar-refractivity contribution in [1.29, 1.82) is 5.26 Å². The van der Waals surface area contributed by atoms with E-state index in [-0.39, 0.29) is 0 Å². The molecular weight excluding hydrogens is 274 g/mol. The molecule has 0 spiro atoms. The Morgan fingerprint density at radius 2 is 1.95 bits per heavy atom. The van der Waals surface area contributed by atoms with Crippen LogP contribution in [0, 0.1) is 18.3 Å². The van der Waals surface area contributed by atoms with Gasteiger partial charge in [0.2, 0.25) is 0 Å². The number of aromatic nitrogens is 1. The molecule has 3 rings (SSSR count). The number of nitrogens with zero attached hydrogens (tertiary/aromatic N) is 3. The molecule has 2 heterocycles. The molecule has 1 aromatic carbocycles. The molecule has 114 valence electrons. The molecule has 1 fully saturated rings. The summed E-state index contributed by atoms with van der Waals surface area (Å²) in [7, 11) is 0. The Bertz CT molecular complexity index is 740. The van der Waals surface area contributed by atoms with Crippen molar-refractivity contribution in [3.63, 3.8) is 0 Å². The van der Waals surface area contributed by atoms with Crippen LogP contribution in [0.5, 0.6) is 0 Å². The molecule has 0 aliphatic carbocycles. The van der Waals surface area contributed by atoms with Gasteiger partial charge in [0.05, 0.1) is 23.3 Å². The molecule has 1 N–H and O–H groups in total. The molecule has 1 aliphatic rings. The van der Waals surface area contributed by atoms with Crippen LogP contribution in [0.25, 0.3) is 10.9 Å². The first-order chi connectivity index (χ1) is 10.6. The summed E-state index contributed by atoms with van der Waals surface area (Å²) in [6, 6.07) is 8.12. The molecular formula is C18H21N3O. The first kappa shape index (κ1) is 14.8. The lowest BCUT2D eigenvalue weighted by atomic mass is 9.99. The first-order valence-electron chi connectivity index (χ1n) is 7.88. The van der Waals surface area contributed by atoms with E-state index in [9.17, 15) is 10.4 Å². The predicted molar refractivity (Wildman–Crippen MR) is 87.9 cm³/mol. The number of nitriles is 1. The summed E-state index contributed by atoms with van der Waals surface area (Å²) < 4.78 is 0. The van der Waals surface area contributed by atoms with Crippen molar-refractivity contribution in [2.75, 3.05) is 18.0 Å². The number of pyridine rings is 1. The topological polar surface area (TPSA) is 60.2 Å². The number of aryl methyl sites for hydroxylation is 1. The van der Waals surface area contributed by atoms with Gasteiger partial charge >= 0.3 is 0 Å². The third-order valence-electron chi connectivity index (χ3n) is 4.32. The van der Waals surface area contributed by atoms with Crippen LogP contribution in [-0.4, -0.2) is 23.2 Å². The zero-order chi connectivity index (χ0) is 15.7. The third-order valence-corrected chi connectivity index (χ3v) is 4.32. The molecule has 0 bridgehead atoms. The monoisotopic (exact) mass is 295 g/mol. The second-order valence-electron chi connectivity index (χ2n) is 6.11. The number of fused-ring (bicyclic) bond motifs is 1. The maximum atomic E-state index is 10.1. The number of aliphatic hydroxyl groups excluding tert-OH is 1. The van der Waals surface area contributed by atoms with Gasteiger partial charge in [0.15, 0.2) is 0 Å². The normalized spacial score (nSPS) is 16.5. The second kappa shape index (κ2) is 5.94. The van der Waals surface area contributed by atoms with Gasteiger partial charge < -0.3 is 10.0 Å². The van der Waals surface area contributed by atoms with Gasteiger partial charge in [-0.1, -0.05) is 6.07 Å². The van der Waals surface area contributed by atoms with Crippen LogP contribution in [0.15, 0.2) is 18.2 Å². The Labute approximate surface area is 131 Å². The fourth-order valence-corrected chi connectivity index (χ4v) is 3.19.